The lowest BCUT2D eigenvalue weighted by Gasteiger charge is -2.11. The van der Waals surface area contributed by atoms with Gasteiger partial charge in [0.15, 0.2) is 0 Å². The monoisotopic (exact) mass is 259 g/mol. The van der Waals surface area contributed by atoms with Crippen molar-refractivity contribution in [3.05, 3.63) is 36.4 Å². The van der Waals surface area contributed by atoms with E-state index in [1.54, 1.807) is 0 Å². The number of anilines is 1. The Morgan fingerprint density at radius 3 is 2.53 bits per heavy atom. The summed E-state index contributed by atoms with van der Waals surface area (Å²) in [5.41, 5.74) is 6.73. The maximum Gasteiger partial charge on any atom is 0.127 e. The summed E-state index contributed by atoms with van der Waals surface area (Å²) in [6.07, 6.45) is 2.26. The molecule has 102 valence electrons. The van der Waals surface area contributed by atoms with Crippen LogP contribution in [0.2, 0.25) is 0 Å². The molecule has 0 heterocycles. The molecule has 2 rings (SSSR count). The third-order valence-electron chi connectivity index (χ3n) is 3.05. The van der Waals surface area contributed by atoms with E-state index < -0.39 is 0 Å². The second kappa shape index (κ2) is 7.00. The summed E-state index contributed by atoms with van der Waals surface area (Å²) in [7, 11) is 0. The lowest BCUT2D eigenvalue weighted by atomic mass is 10.1. The van der Waals surface area contributed by atoms with Crippen LogP contribution in [0.5, 0.6) is 5.75 Å². The molecule has 0 atom stereocenters. The van der Waals surface area contributed by atoms with Crippen molar-refractivity contribution in [1.82, 2.24) is 0 Å². The predicted molar refractivity (Wildman–Crippen MR) is 79.6 cm³/mol. The van der Waals surface area contributed by atoms with Gasteiger partial charge in [-0.25, -0.2) is 0 Å². The Morgan fingerprint density at radius 2 is 1.74 bits per heavy atom. The molecule has 2 N–H and O–H groups in total. The third-order valence-corrected chi connectivity index (χ3v) is 3.05. The van der Waals surface area contributed by atoms with E-state index in [0.717, 1.165) is 41.7 Å². The maximum atomic E-state index is 5.95. The van der Waals surface area contributed by atoms with Crippen LogP contribution in [0.4, 0.5) is 5.69 Å². The Hall–Kier alpha value is -1.74. The minimum absolute atomic E-state index is 0.567. The normalized spacial score (nSPS) is 10.8. The van der Waals surface area contributed by atoms with E-state index in [1.165, 1.54) is 0 Å². The van der Waals surface area contributed by atoms with Gasteiger partial charge in [0.2, 0.25) is 0 Å². The number of benzene rings is 2. The highest BCUT2D eigenvalue weighted by molar-refractivity contribution is 5.96. The number of fused-ring (bicyclic) bond motifs is 1. The van der Waals surface area contributed by atoms with Gasteiger partial charge in [0.1, 0.15) is 12.4 Å². The maximum absolute atomic E-state index is 5.95. The van der Waals surface area contributed by atoms with Crippen LogP contribution in [0.3, 0.4) is 0 Å². The van der Waals surface area contributed by atoms with Gasteiger partial charge in [-0.1, -0.05) is 37.6 Å². The molecule has 3 nitrogen and oxygen atoms in total. The van der Waals surface area contributed by atoms with E-state index in [0.29, 0.717) is 13.2 Å². The first-order valence-electron chi connectivity index (χ1n) is 6.80. The molecule has 0 aliphatic heterocycles. The molecule has 0 spiro atoms. The number of hydrogen-bond acceptors (Lipinski definition) is 3. The van der Waals surface area contributed by atoms with E-state index in [2.05, 4.69) is 6.92 Å². The van der Waals surface area contributed by atoms with Gasteiger partial charge in [0.05, 0.1) is 6.61 Å². The summed E-state index contributed by atoms with van der Waals surface area (Å²) >= 11 is 0. The van der Waals surface area contributed by atoms with Gasteiger partial charge in [-0.15, -0.1) is 0 Å². The molecule has 0 unspecified atom stereocenters. The molecule has 0 radical (unpaired) electrons. The fourth-order valence-electron chi connectivity index (χ4n) is 1.98. The fraction of sp³-hybridized carbons (Fsp3) is 0.375. The average Bonchev–Trinajstić information content (AvgIpc) is 2.45. The number of rotatable bonds is 7. The van der Waals surface area contributed by atoms with Crippen molar-refractivity contribution in [2.24, 2.45) is 0 Å². The summed E-state index contributed by atoms with van der Waals surface area (Å²) in [6.45, 7) is 4.15. The van der Waals surface area contributed by atoms with Crippen LogP contribution in [0.1, 0.15) is 19.8 Å². The molecule has 2 aromatic carbocycles. The van der Waals surface area contributed by atoms with E-state index >= 15 is 0 Å². The van der Waals surface area contributed by atoms with Gasteiger partial charge in [-0.2, -0.15) is 0 Å². The second-order valence-corrected chi connectivity index (χ2v) is 4.51. The quantitative estimate of drug-likeness (QED) is 0.610. The topological polar surface area (TPSA) is 44.5 Å². The van der Waals surface area contributed by atoms with Gasteiger partial charge in [-0.05, 0) is 18.6 Å². The van der Waals surface area contributed by atoms with E-state index in [4.69, 9.17) is 15.2 Å². The Balaban J connectivity index is 1.96. The summed E-state index contributed by atoms with van der Waals surface area (Å²) in [5, 5.41) is 2.09. The van der Waals surface area contributed by atoms with Gasteiger partial charge in [-0.3, -0.25) is 0 Å². The average molecular weight is 259 g/mol. The lowest BCUT2D eigenvalue weighted by molar-refractivity contribution is 0.0985. The first kappa shape index (κ1) is 13.7. The fourth-order valence-corrected chi connectivity index (χ4v) is 1.98. The van der Waals surface area contributed by atoms with Crippen LogP contribution in [0, 0.1) is 0 Å². The number of nitrogens with two attached hydrogens (primary N) is 1. The summed E-state index contributed by atoms with van der Waals surface area (Å²) in [4.78, 5) is 0. The second-order valence-electron chi connectivity index (χ2n) is 4.51. The molecular weight excluding hydrogens is 238 g/mol. The van der Waals surface area contributed by atoms with Crippen LogP contribution >= 0.6 is 0 Å². The van der Waals surface area contributed by atoms with Crippen molar-refractivity contribution in [2.45, 2.75) is 19.8 Å². The number of unbranched alkanes of at least 4 members (excludes halogenated alkanes) is 1. The van der Waals surface area contributed by atoms with E-state index in [9.17, 15) is 0 Å². The van der Waals surface area contributed by atoms with E-state index in [-0.39, 0.29) is 0 Å². The van der Waals surface area contributed by atoms with Crippen LogP contribution in [-0.4, -0.2) is 19.8 Å². The molecule has 2 aromatic rings. The molecule has 0 aliphatic carbocycles. The van der Waals surface area contributed by atoms with Crippen LogP contribution in [-0.2, 0) is 4.74 Å². The highest BCUT2D eigenvalue weighted by atomic mass is 16.5. The molecule has 0 saturated heterocycles. The Labute approximate surface area is 114 Å². The Morgan fingerprint density at radius 1 is 0.947 bits per heavy atom. The zero-order valence-corrected chi connectivity index (χ0v) is 11.4. The first-order valence-corrected chi connectivity index (χ1v) is 6.80. The summed E-state index contributed by atoms with van der Waals surface area (Å²) < 4.78 is 11.3. The van der Waals surface area contributed by atoms with Crippen LogP contribution in [0.15, 0.2) is 36.4 Å². The van der Waals surface area contributed by atoms with Crippen molar-refractivity contribution >= 4 is 16.5 Å². The molecule has 0 fully saturated rings. The first-order chi connectivity index (χ1) is 9.33. The summed E-state index contributed by atoms with van der Waals surface area (Å²) in [6, 6.07) is 11.8. The smallest absolute Gasteiger partial charge is 0.127 e. The molecular formula is C16H21NO2. The van der Waals surface area contributed by atoms with Crippen molar-refractivity contribution < 1.29 is 9.47 Å². The highest BCUT2D eigenvalue weighted by Crippen LogP contribution is 2.29. The molecule has 19 heavy (non-hydrogen) atoms. The number of nitrogen functional groups attached to an aromatic ring is 1. The van der Waals surface area contributed by atoms with Crippen molar-refractivity contribution in [1.29, 1.82) is 0 Å². The third kappa shape index (κ3) is 3.61. The Bertz CT molecular complexity index is 525. The molecule has 0 amide bonds. The van der Waals surface area contributed by atoms with Gasteiger partial charge >= 0.3 is 0 Å². The lowest BCUT2D eigenvalue weighted by Crippen LogP contribution is -2.07. The van der Waals surface area contributed by atoms with E-state index in [1.807, 2.05) is 36.4 Å². The SMILES string of the molecule is CCCCOCCOc1ccc(N)c2ccccc12. The predicted octanol–water partition coefficient (Wildman–Crippen LogP) is 3.62. The van der Waals surface area contributed by atoms with Gasteiger partial charge < -0.3 is 15.2 Å². The van der Waals surface area contributed by atoms with Crippen molar-refractivity contribution in [3.8, 4) is 5.75 Å². The summed E-state index contributed by atoms with van der Waals surface area (Å²) in [5.74, 6) is 0.865. The van der Waals surface area contributed by atoms with Gasteiger partial charge in [0, 0.05) is 23.1 Å². The highest BCUT2D eigenvalue weighted by Gasteiger charge is 2.04. The van der Waals surface area contributed by atoms with Gasteiger partial charge in [0.25, 0.3) is 0 Å². The van der Waals surface area contributed by atoms with Crippen LogP contribution < -0.4 is 10.5 Å². The molecule has 0 bridgehead atoms. The molecule has 0 saturated carbocycles. The van der Waals surface area contributed by atoms with Crippen molar-refractivity contribution in [2.75, 3.05) is 25.6 Å². The Kier molecular flexibility index (Phi) is 5.04. The zero-order chi connectivity index (χ0) is 13.5. The largest absolute Gasteiger partial charge is 0.491 e. The molecule has 3 heteroatoms. The number of ether oxygens (including phenoxy) is 2. The standard InChI is InChI=1S/C16H21NO2/c1-2-3-10-18-11-12-19-16-9-8-15(17)13-6-4-5-7-14(13)16/h4-9H,2-3,10-12,17H2,1H3. The molecule has 0 aromatic heterocycles. The minimum Gasteiger partial charge on any atom is -0.491 e. The number of hydrogen-bond donors (Lipinski definition) is 1. The minimum atomic E-state index is 0.567. The zero-order valence-electron chi connectivity index (χ0n) is 11.4. The van der Waals surface area contributed by atoms with Crippen LogP contribution in [0.25, 0.3) is 10.8 Å². The van der Waals surface area contributed by atoms with Crippen molar-refractivity contribution in [3.63, 3.8) is 0 Å². The molecule has 0 aliphatic rings.